The van der Waals surface area contributed by atoms with Crippen molar-refractivity contribution >= 4 is 29.9 Å². The molecule has 2 N–H and O–H groups in total. The first-order valence-corrected chi connectivity index (χ1v) is 9.77. The fraction of sp³-hybridized carbons (Fsp3) is 0.650. The summed E-state index contributed by atoms with van der Waals surface area (Å²) in [4.78, 5) is 7.15. The second-order valence-corrected chi connectivity index (χ2v) is 6.71. The van der Waals surface area contributed by atoms with Crippen molar-refractivity contribution in [3.8, 4) is 11.5 Å². The zero-order valence-corrected chi connectivity index (χ0v) is 19.8. The molecule has 1 aliphatic rings. The Morgan fingerprint density at radius 2 is 1.93 bits per heavy atom. The SMILES string of the molecule is CCNC(=NCC(C)N1CCOCC1)NCC(C)Oc1cccc(OC)c1.I. The van der Waals surface area contributed by atoms with Gasteiger partial charge in [-0.05, 0) is 32.9 Å². The quantitative estimate of drug-likeness (QED) is 0.305. The van der Waals surface area contributed by atoms with Crippen molar-refractivity contribution in [3.63, 3.8) is 0 Å². The van der Waals surface area contributed by atoms with Gasteiger partial charge in [0, 0.05) is 31.7 Å². The summed E-state index contributed by atoms with van der Waals surface area (Å²) in [6.07, 6.45) is -0.00220. The average molecular weight is 506 g/mol. The molecule has 1 fully saturated rings. The Morgan fingerprint density at radius 1 is 1.21 bits per heavy atom. The number of methoxy groups -OCH3 is 1. The molecule has 0 bridgehead atoms. The first-order chi connectivity index (χ1) is 13.1. The van der Waals surface area contributed by atoms with Crippen LogP contribution in [0, 0.1) is 0 Å². The number of hydrogen-bond donors (Lipinski definition) is 2. The second kappa shape index (κ2) is 13.8. The van der Waals surface area contributed by atoms with Gasteiger partial charge >= 0.3 is 0 Å². The van der Waals surface area contributed by atoms with E-state index >= 15 is 0 Å². The molecule has 7 nitrogen and oxygen atoms in total. The van der Waals surface area contributed by atoms with Crippen LogP contribution in [0.5, 0.6) is 11.5 Å². The molecule has 1 aromatic rings. The highest BCUT2D eigenvalue weighted by molar-refractivity contribution is 14.0. The van der Waals surface area contributed by atoms with Crippen molar-refractivity contribution in [2.75, 3.05) is 53.0 Å². The molecule has 1 heterocycles. The van der Waals surface area contributed by atoms with Crippen LogP contribution in [-0.2, 0) is 4.74 Å². The molecule has 0 aliphatic carbocycles. The summed E-state index contributed by atoms with van der Waals surface area (Å²) in [5.74, 6) is 2.41. The smallest absolute Gasteiger partial charge is 0.191 e. The number of nitrogens with one attached hydrogen (secondary N) is 2. The van der Waals surface area contributed by atoms with Crippen LogP contribution in [0.2, 0.25) is 0 Å². The van der Waals surface area contributed by atoms with E-state index in [1.54, 1.807) is 7.11 Å². The van der Waals surface area contributed by atoms with E-state index in [1.165, 1.54) is 0 Å². The van der Waals surface area contributed by atoms with Gasteiger partial charge in [-0.3, -0.25) is 9.89 Å². The Bertz CT molecular complexity index is 582. The predicted molar refractivity (Wildman–Crippen MR) is 124 cm³/mol. The van der Waals surface area contributed by atoms with Gasteiger partial charge < -0.3 is 24.8 Å². The third kappa shape index (κ3) is 8.83. The zero-order valence-electron chi connectivity index (χ0n) is 17.4. The van der Waals surface area contributed by atoms with Gasteiger partial charge in [-0.1, -0.05) is 6.07 Å². The molecule has 160 valence electrons. The van der Waals surface area contributed by atoms with Crippen LogP contribution in [0.3, 0.4) is 0 Å². The molecule has 2 unspecified atom stereocenters. The van der Waals surface area contributed by atoms with E-state index in [0.29, 0.717) is 12.6 Å². The van der Waals surface area contributed by atoms with Crippen molar-refractivity contribution < 1.29 is 14.2 Å². The largest absolute Gasteiger partial charge is 0.497 e. The fourth-order valence-electron chi connectivity index (χ4n) is 2.89. The number of nitrogens with zero attached hydrogens (tertiary/aromatic N) is 2. The molecule has 8 heteroatoms. The minimum atomic E-state index is -0.00220. The highest BCUT2D eigenvalue weighted by atomic mass is 127. The number of aliphatic imine (C=N–C) groups is 1. The highest BCUT2D eigenvalue weighted by Crippen LogP contribution is 2.19. The minimum absolute atomic E-state index is 0. The Kier molecular flexibility index (Phi) is 12.2. The lowest BCUT2D eigenvalue weighted by Crippen LogP contribution is -2.45. The number of hydrogen-bond acceptors (Lipinski definition) is 5. The summed E-state index contributed by atoms with van der Waals surface area (Å²) in [6, 6.07) is 8.05. The van der Waals surface area contributed by atoms with Crippen molar-refractivity contribution in [3.05, 3.63) is 24.3 Å². The van der Waals surface area contributed by atoms with E-state index in [2.05, 4.69) is 29.4 Å². The van der Waals surface area contributed by atoms with Gasteiger partial charge in [0.1, 0.15) is 17.6 Å². The zero-order chi connectivity index (χ0) is 19.5. The van der Waals surface area contributed by atoms with E-state index in [-0.39, 0.29) is 30.1 Å². The summed E-state index contributed by atoms with van der Waals surface area (Å²) in [6.45, 7) is 12.1. The van der Waals surface area contributed by atoms with Gasteiger partial charge in [0.05, 0.1) is 33.4 Å². The monoisotopic (exact) mass is 506 g/mol. The van der Waals surface area contributed by atoms with Gasteiger partial charge in [-0.25, -0.2) is 0 Å². The third-order valence-corrected chi connectivity index (χ3v) is 4.46. The lowest BCUT2D eigenvalue weighted by atomic mass is 10.2. The number of rotatable bonds is 9. The van der Waals surface area contributed by atoms with Crippen molar-refractivity contribution in [1.29, 1.82) is 0 Å². The molecule has 1 aliphatic heterocycles. The summed E-state index contributed by atoms with van der Waals surface area (Å²) >= 11 is 0. The number of morpholine rings is 1. The molecule has 1 aromatic carbocycles. The molecular weight excluding hydrogens is 471 g/mol. The molecule has 0 radical (unpaired) electrons. The molecule has 2 rings (SSSR count). The molecule has 2 atom stereocenters. The van der Waals surface area contributed by atoms with Gasteiger partial charge in [0.2, 0.25) is 0 Å². The topological polar surface area (TPSA) is 67.4 Å². The molecule has 0 amide bonds. The average Bonchev–Trinajstić information content (AvgIpc) is 2.70. The Labute approximate surface area is 186 Å². The minimum Gasteiger partial charge on any atom is -0.497 e. The third-order valence-electron chi connectivity index (χ3n) is 4.46. The number of ether oxygens (including phenoxy) is 3. The van der Waals surface area contributed by atoms with E-state index in [1.807, 2.05) is 31.2 Å². The molecule has 28 heavy (non-hydrogen) atoms. The standard InChI is InChI=1S/C20H34N4O3.HI/c1-5-21-20(22-14-16(2)24-9-11-26-12-10-24)23-15-17(3)27-19-8-6-7-18(13-19)25-4;/h6-8,13,16-17H,5,9-12,14-15H2,1-4H3,(H2,21,22,23);1H. The first kappa shape index (κ1) is 24.8. The van der Waals surface area contributed by atoms with Crippen LogP contribution in [0.1, 0.15) is 20.8 Å². The van der Waals surface area contributed by atoms with Crippen LogP contribution in [0.25, 0.3) is 0 Å². The van der Waals surface area contributed by atoms with Gasteiger partial charge in [-0.15, -0.1) is 24.0 Å². The first-order valence-electron chi connectivity index (χ1n) is 9.77. The van der Waals surface area contributed by atoms with Crippen molar-refractivity contribution in [2.24, 2.45) is 4.99 Å². The van der Waals surface area contributed by atoms with Gasteiger partial charge in [0.15, 0.2) is 5.96 Å². The molecule has 1 saturated heterocycles. The lowest BCUT2D eigenvalue weighted by Gasteiger charge is -2.31. The van der Waals surface area contributed by atoms with Crippen molar-refractivity contribution in [1.82, 2.24) is 15.5 Å². The summed E-state index contributed by atoms with van der Waals surface area (Å²) in [7, 11) is 1.65. The maximum absolute atomic E-state index is 5.96. The fourth-order valence-corrected chi connectivity index (χ4v) is 2.89. The van der Waals surface area contributed by atoms with Crippen LogP contribution in [0.4, 0.5) is 0 Å². The van der Waals surface area contributed by atoms with Crippen LogP contribution in [0.15, 0.2) is 29.3 Å². The normalized spacial score (nSPS) is 17.2. The van der Waals surface area contributed by atoms with E-state index in [9.17, 15) is 0 Å². The van der Waals surface area contributed by atoms with Gasteiger partial charge in [0.25, 0.3) is 0 Å². The molecule has 0 saturated carbocycles. The summed E-state index contributed by atoms with van der Waals surface area (Å²) in [5, 5.41) is 6.67. The van der Waals surface area contributed by atoms with E-state index in [0.717, 1.165) is 56.9 Å². The summed E-state index contributed by atoms with van der Waals surface area (Å²) < 4.78 is 16.6. The Hall–Kier alpha value is -1.26. The number of benzene rings is 1. The maximum atomic E-state index is 5.96. The number of halogens is 1. The Balaban J connectivity index is 0.00000392. The predicted octanol–water partition coefficient (Wildman–Crippen LogP) is 2.36. The molecule has 0 aromatic heterocycles. The number of guanidine groups is 1. The summed E-state index contributed by atoms with van der Waals surface area (Å²) in [5.41, 5.74) is 0. The Morgan fingerprint density at radius 3 is 2.61 bits per heavy atom. The van der Waals surface area contributed by atoms with E-state index < -0.39 is 0 Å². The second-order valence-electron chi connectivity index (χ2n) is 6.71. The molecular formula is C20H35IN4O3. The van der Waals surface area contributed by atoms with Crippen LogP contribution < -0.4 is 20.1 Å². The van der Waals surface area contributed by atoms with Crippen LogP contribution >= 0.6 is 24.0 Å². The van der Waals surface area contributed by atoms with Gasteiger partial charge in [-0.2, -0.15) is 0 Å². The molecule has 0 spiro atoms. The lowest BCUT2D eigenvalue weighted by molar-refractivity contribution is 0.0220. The van der Waals surface area contributed by atoms with Crippen molar-refractivity contribution in [2.45, 2.75) is 32.9 Å². The van der Waals surface area contributed by atoms with Crippen LogP contribution in [-0.4, -0.2) is 76.1 Å². The maximum Gasteiger partial charge on any atom is 0.191 e. The highest BCUT2D eigenvalue weighted by Gasteiger charge is 2.16. The van der Waals surface area contributed by atoms with E-state index in [4.69, 9.17) is 19.2 Å².